The third kappa shape index (κ3) is 15.2. The highest BCUT2D eigenvalue weighted by Gasteiger charge is 2.07. The third-order valence-corrected chi connectivity index (χ3v) is 3.28. The first-order chi connectivity index (χ1) is 12.0. The van der Waals surface area contributed by atoms with E-state index < -0.39 is 11.9 Å². The van der Waals surface area contributed by atoms with E-state index >= 15 is 0 Å². The molecule has 0 fully saturated rings. The second-order valence-corrected chi connectivity index (χ2v) is 5.43. The van der Waals surface area contributed by atoms with Crippen molar-refractivity contribution in [2.45, 2.75) is 58.8 Å². The van der Waals surface area contributed by atoms with Crippen molar-refractivity contribution in [1.82, 2.24) is 10.6 Å². The Balaban J connectivity index is 3.46. The lowest BCUT2D eigenvalue weighted by Gasteiger charge is -2.06. The molecule has 25 heavy (non-hydrogen) atoms. The van der Waals surface area contributed by atoms with E-state index in [1.807, 2.05) is 0 Å². The number of hydrogen-bond acceptors (Lipinski definition) is 6. The normalized spacial score (nSPS) is 10.0. The van der Waals surface area contributed by atoms with Crippen LogP contribution in [-0.4, -0.2) is 50.1 Å². The predicted octanol–water partition coefficient (Wildman–Crippen LogP) is 1.08. The van der Waals surface area contributed by atoms with Gasteiger partial charge in [0, 0.05) is 12.8 Å². The fourth-order valence-corrected chi connectivity index (χ4v) is 2.04. The standard InChI is InChI=1S/C17H30N2O6/c1-3-24-16(22)12-18-14(20)10-8-6-5-7-9-11-15(21)19-13-17(23)25-4-2/h3-13H2,1-2H3,(H,18,20)(H,19,21). The van der Waals surface area contributed by atoms with E-state index in [0.29, 0.717) is 26.1 Å². The first kappa shape index (κ1) is 22.9. The van der Waals surface area contributed by atoms with Crippen LogP contribution in [0.25, 0.3) is 0 Å². The summed E-state index contributed by atoms with van der Waals surface area (Å²) in [7, 11) is 0. The molecule has 0 aromatic rings. The smallest absolute Gasteiger partial charge is 0.325 e. The van der Waals surface area contributed by atoms with Crippen molar-refractivity contribution in [1.29, 1.82) is 0 Å². The number of carbonyl (C=O) groups excluding carboxylic acids is 4. The van der Waals surface area contributed by atoms with Gasteiger partial charge in [0.1, 0.15) is 13.1 Å². The average molecular weight is 358 g/mol. The first-order valence-corrected chi connectivity index (χ1v) is 8.84. The molecule has 0 aromatic heterocycles. The summed E-state index contributed by atoms with van der Waals surface area (Å²) in [6.07, 6.45) is 4.93. The zero-order chi connectivity index (χ0) is 18.9. The van der Waals surface area contributed by atoms with Gasteiger partial charge >= 0.3 is 11.9 Å². The molecular weight excluding hydrogens is 328 g/mol. The fraction of sp³-hybridized carbons (Fsp3) is 0.765. The van der Waals surface area contributed by atoms with Gasteiger partial charge in [0.25, 0.3) is 0 Å². The summed E-state index contributed by atoms with van der Waals surface area (Å²) in [5, 5.41) is 5.02. The third-order valence-electron chi connectivity index (χ3n) is 3.28. The molecule has 0 rings (SSSR count). The Labute approximate surface area is 149 Å². The fourth-order valence-electron chi connectivity index (χ4n) is 2.04. The molecule has 0 radical (unpaired) electrons. The second-order valence-electron chi connectivity index (χ2n) is 5.43. The molecule has 0 aliphatic carbocycles. The molecule has 0 aromatic carbocycles. The lowest BCUT2D eigenvalue weighted by atomic mass is 10.1. The summed E-state index contributed by atoms with van der Waals surface area (Å²) in [5.41, 5.74) is 0. The average Bonchev–Trinajstić information content (AvgIpc) is 2.58. The van der Waals surface area contributed by atoms with Crippen molar-refractivity contribution in [2.24, 2.45) is 0 Å². The molecule has 0 bridgehead atoms. The van der Waals surface area contributed by atoms with Gasteiger partial charge in [-0.2, -0.15) is 0 Å². The van der Waals surface area contributed by atoms with Gasteiger partial charge in [-0.3, -0.25) is 19.2 Å². The summed E-state index contributed by atoms with van der Waals surface area (Å²) < 4.78 is 9.42. The summed E-state index contributed by atoms with van der Waals surface area (Å²) in [5.74, 6) is -1.19. The Morgan fingerprint density at radius 3 is 1.36 bits per heavy atom. The van der Waals surface area contributed by atoms with E-state index in [1.54, 1.807) is 13.8 Å². The molecule has 2 amide bonds. The number of esters is 2. The summed E-state index contributed by atoms with van der Waals surface area (Å²) in [6.45, 7) is 3.85. The van der Waals surface area contributed by atoms with Crippen molar-refractivity contribution >= 4 is 23.8 Å². The van der Waals surface area contributed by atoms with Crippen molar-refractivity contribution in [3.8, 4) is 0 Å². The minimum Gasteiger partial charge on any atom is -0.465 e. The van der Waals surface area contributed by atoms with E-state index in [1.165, 1.54) is 0 Å². The van der Waals surface area contributed by atoms with Gasteiger partial charge in [0.15, 0.2) is 0 Å². The molecule has 0 unspecified atom stereocenters. The van der Waals surface area contributed by atoms with Crippen LogP contribution in [0.5, 0.6) is 0 Å². The van der Waals surface area contributed by atoms with Crippen molar-refractivity contribution in [2.75, 3.05) is 26.3 Å². The monoisotopic (exact) mass is 358 g/mol. The molecule has 0 aliphatic heterocycles. The van der Waals surface area contributed by atoms with Crippen LogP contribution in [0.3, 0.4) is 0 Å². The Morgan fingerprint density at radius 2 is 1.00 bits per heavy atom. The highest BCUT2D eigenvalue weighted by Crippen LogP contribution is 2.07. The number of amides is 2. The Kier molecular flexibility index (Phi) is 14.1. The van der Waals surface area contributed by atoms with Crippen LogP contribution in [-0.2, 0) is 28.7 Å². The van der Waals surface area contributed by atoms with Crippen LogP contribution in [0.2, 0.25) is 0 Å². The molecule has 0 heterocycles. The maximum Gasteiger partial charge on any atom is 0.325 e. The molecule has 0 saturated carbocycles. The SMILES string of the molecule is CCOC(=O)CNC(=O)CCCCCCCC(=O)NCC(=O)OCC. The van der Waals surface area contributed by atoms with Gasteiger partial charge in [-0.05, 0) is 26.7 Å². The van der Waals surface area contributed by atoms with Gasteiger partial charge in [0.05, 0.1) is 13.2 Å². The van der Waals surface area contributed by atoms with E-state index in [2.05, 4.69) is 10.6 Å². The predicted molar refractivity (Wildman–Crippen MR) is 91.6 cm³/mol. The molecule has 144 valence electrons. The van der Waals surface area contributed by atoms with Gasteiger partial charge in [0.2, 0.25) is 11.8 Å². The van der Waals surface area contributed by atoms with Gasteiger partial charge in [-0.1, -0.05) is 19.3 Å². The van der Waals surface area contributed by atoms with Crippen LogP contribution in [0.15, 0.2) is 0 Å². The highest BCUT2D eigenvalue weighted by atomic mass is 16.5. The molecule has 8 heteroatoms. The molecule has 0 spiro atoms. The first-order valence-electron chi connectivity index (χ1n) is 8.84. The maximum atomic E-state index is 11.5. The minimum atomic E-state index is -0.433. The lowest BCUT2D eigenvalue weighted by Crippen LogP contribution is -2.30. The van der Waals surface area contributed by atoms with Crippen molar-refractivity contribution in [3.05, 3.63) is 0 Å². The van der Waals surface area contributed by atoms with Gasteiger partial charge < -0.3 is 20.1 Å². The number of ether oxygens (including phenoxy) is 2. The second kappa shape index (κ2) is 15.4. The van der Waals surface area contributed by atoms with E-state index in [0.717, 1.165) is 32.1 Å². The minimum absolute atomic E-state index is 0.0897. The number of nitrogens with one attached hydrogen (secondary N) is 2. The van der Waals surface area contributed by atoms with E-state index in [9.17, 15) is 19.2 Å². The molecular formula is C17H30N2O6. The van der Waals surface area contributed by atoms with Crippen molar-refractivity contribution in [3.63, 3.8) is 0 Å². The highest BCUT2D eigenvalue weighted by molar-refractivity contribution is 5.82. The molecule has 2 N–H and O–H groups in total. The van der Waals surface area contributed by atoms with Crippen LogP contribution < -0.4 is 10.6 Å². The van der Waals surface area contributed by atoms with Crippen LogP contribution >= 0.6 is 0 Å². The number of hydrogen-bond donors (Lipinski definition) is 2. The van der Waals surface area contributed by atoms with Crippen LogP contribution in [0.4, 0.5) is 0 Å². The summed E-state index contributed by atoms with van der Waals surface area (Å²) in [4.78, 5) is 45.1. The number of carbonyl (C=O) groups is 4. The zero-order valence-electron chi connectivity index (χ0n) is 15.2. The molecule has 0 atom stereocenters. The molecule has 0 aliphatic rings. The summed E-state index contributed by atoms with van der Waals surface area (Å²) >= 11 is 0. The zero-order valence-corrected chi connectivity index (χ0v) is 15.2. The molecule has 8 nitrogen and oxygen atoms in total. The largest absolute Gasteiger partial charge is 0.465 e. The Morgan fingerprint density at radius 1 is 0.640 bits per heavy atom. The number of rotatable bonds is 14. The van der Waals surface area contributed by atoms with Gasteiger partial charge in [-0.15, -0.1) is 0 Å². The van der Waals surface area contributed by atoms with Crippen LogP contribution in [0.1, 0.15) is 58.8 Å². The summed E-state index contributed by atoms with van der Waals surface area (Å²) in [6, 6.07) is 0. The van der Waals surface area contributed by atoms with Crippen LogP contribution in [0, 0.1) is 0 Å². The van der Waals surface area contributed by atoms with Crippen molar-refractivity contribution < 1.29 is 28.7 Å². The van der Waals surface area contributed by atoms with Gasteiger partial charge in [-0.25, -0.2) is 0 Å². The maximum absolute atomic E-state index is 11.5. The Bertz CT molecular complexity index is 387. The Hall–Kier alpha value is -2.12. The van der Waals surface area contributed by atoms with E-state index in [4.69, 9.17) is 9.47 Å². The number of unbranched alkanes of at least 4 members (excludes halogenated alkanes) is 4. The van der Waals surface area contributed by atoms with E-state index in [-0.39, 0.29) is 24.9 Å². The quantitative estimate of drug-likeness (QED) is 0.355. The topological polar surface area (TPSA) is 111 Å². The lowest BCUT2D eigenvalue weighted by molar-refractivity contribution is -0.143. The molecule has 0 saturated heterocycles.